The van der Waals surface area contributed by atoms with Gasteiger partial charge in [-0.05, 0) is 43.2 Å². The molecule has 6 nitrogen and oxygen atoms in total. The van der Waals surface area contributed by atoms with E-state index in [4.69, 9.17) is 4.74 Å². The van der Waals surface area contributed by atoms with Crippen LogP contribution in [0.15, 0.2) is 78.0 Å². The molecule has 7 heteroatoms. The number of methoxy groups -OCH3 is 1. The summed E-state index contributed by atoms with van der Waals surface area (Å²) in [5.41, 5.74) is 5.01. The quantitative estimate of drug-likeness (QED) is 0.361. The molecule has 0 saturated heterocycles. The Morgan fingerprint density at radius 2 is 1.76 bits per heavy atom. The molecule has 0 fully saturated rings. The van der Waals surface area contributed by atoms with E-state index in [1.807, 2.05) is 73.0 Å². The Hall–Kier alpha value is -3.58. The van der Waals surface area contributed by atoms with Crippen LogP contribution in [0.5, 0.6) is 5.75 Å². The summed E-state index contributed by atoms with van der Waals surface area (Å²) < 4.78 is 7.58. The molecule has 0 spiro atoms. The van der Waals surface area contributed by atoms with Crippen LogP contribution in [0, 0.1) is 13.8 Å². The lowest BCUT2D eigenvalue weighted by Crippen LogP contribution is -2.15. The number of hydrogen-bond donors (Lipinski definition) is 1. The predicted molar refractivity (Wildman–Crippen MR) is 133 cm³/mol. The average molecular weight is 459 g/mol. The van der Waals surface area contributed by atoms with Crippen LogP contribution in [0.2, 0.25) is 0 Å². The van der Waals surface area contributed by atoms with E-state index in [-0.39, 0.29) is 11.7 Å². The first-order valence-electron chi connectivity index (χ1n) is 10.7. The normalized spacial score (nSPS) is 10.8. The van der Waals surface area contributed by atoms with Crippen molar-refractivity contribution in [2.75, 3.05) is 18.2 Å². The van der Waals surface area contributed by atoms with E-state index in [2.05, 4.69) is 33.7 Å². The van der Waals surface area contributed by atoms with Gasteiger partial charge in [0.05, 0.1) is 25.0 Å². The van der Waals surface area contributed by atoms with Gasteiger partial charge in [-0.25, -0.2) is 0 Å². The summed E-state index contributed by atoms with van der Waals surface area (Å²) >= 11 is 1.37. The Labute approximate surface area is 198 Å². The average Bonchev–Trinajstić information content (AvgIpc) is 3.22. The molecule has 0 aliphatic rings. The second-order valence-corrected chi connectivity index (χ2v) is 8.68. The Balaban J connectivity index is 1.58. The van der Waals surface area contributed by atoms with E-state index >= 15 is 0 Å². The molecule has 0 radical (unpaired) electrons. The SMILES string of the molecule is COc1ccccc1-c1nnc(SCC(=O)Nc2ccc(C)cc2C)n1Cc1ccccc1. The zero-order valence-corrected chi connectivity index (χ0v) is 19.7. The van der Waals surface area contributed by atoms with Crippen LogP contribution in [0.3, 0.4) is 0 Å². The second kappa shape index (κ2) is 10.4. The van der Waals surface area contributed by atoms with Gasteiger partial charge in [0.15, 0.2) is 11.0 Å². The molecule has 0 aliphatic carbocycles. The minimum atomic E-state index is -0.0833. The Morgan fingerprint density at radius 1 is 1.00 bits per heavy atom. The highest BCUT2D eigenvalue weighted by molar-refractivity contribution is 7.99. The number of ether oxygens (including phenoxy) is 1. The highest BCUT2D eigenvalue weighted by atomic mass is 32.2. The maximum Gasteiger partial charge on any atom is 0.234 e. The molecule has 0 bridgehead atoms. The van der Waals surface area contributed by atoms with Crippen LogP contribution in [0.4, 0.5) is 5.69 Å². The Bertz CT molecular complexity index is 1250. The maximum atomic E-state index is 12.7. The molecule has 1 N–H and O–H groups in total. The molecule has 3 aromatic carbocycles. The molecule has 0 unspecified atom stereocenters. The molecule has 33 heavy (non-hydrogen) atoms. The van der Waals surface area contributed by atoms with Gasteiger partial charge in [0.2, 0.25) is 5.91 Å². The van der Waals surface area contributed by atoms with E-state index < -0.39 is 0 Å². The molecule has 4 aromatic rings. The number of nitrogens with zero attached hydrogens (tertiary/aromatic N) is 3. The van der Waals surface area contributed by atoms with Crippen molar-refractivity contribution in [3.8, 4) is 17.1 Å². The number of rotatable bonds is 8. The first-order chi connectivity index (χ1) is 16.0. The van der Waals surface area contributed by atoms with Gasteiger partial charge >= 0.3 is 0 Å². The lowest BCUT2D eigenvalue weighted by atomic mass is 10.1. The highest BCUT2D eigenvalue weighted by Crippen LogP contribution is 2.31. The van der Waals surface area contributed by atoms with E-state index in [9.17, 15) is 4.79 Å². The minimum absolute atomic E-state index is 0.0833. The molecule has 0 aliphatic heterocycles. The second-order valence-electron chi connectivity index (χ2n) is 7.73. The number of carbonyl (C=O) groups is 1. The fourth-order valence-electron chi connectivity index (χ4n) is 3.60. The number of aryl methyl sites for hydroxylation is 2. The molecule has 1 amide bonds. The van der Waals surface area contributed by atoms with Crippen molar-refractivity contribution in [1.29, 1.82) is 0 Å². The van der Waals surface area contributed by atoms with Crippen molar-refractivity contribution in [2.45, 2.75) is 25.5 Å². The fourth-order valence-corrected chi connectivity index (χ4v) is 4.34. The first kappa shape index (κ1) is 22.6. The van der Waals surface area contributed by atoms with Gasteiger partial charge < -0.3 is 10.1 Å². The van der Waals surface area contributed by atoms with Crippen molar-refractivity contribution in [2.24, 2.45) is 0 Å². The summed E-state index contributed by atoms with van der Waals surface area (Å²) in [4.78, 5) is 12.7. The van der Waals surface area contributed by atoms with Gasteiger partial charge in [-0.3, -0.25) is 9.36 Å². The van der Waals surface area contributed by atoms with Crippen molar-refractivity contribution in [3.63, 3.8) is 0 Å². The molecule has 168 valence electrons. The van der Waals surface area contributed by atoms with E-state index in [0.717, 1.165) is 33.7 Å². The van der Waals surface area contributed by atoms with Gasteiger partial charge in [0, 0.05) is 5.69 Å². The third-order valence-electron chi connectivity index (χ3n) is 5.24. The summed E-state index contributed by atoms with van der Waals surface area (Å²) in [6.07, 6.45) is 0. The summed E-state index contributed by atoms with van der Waals surface area (Å²) in [5, 5.41) is 12.5. The van der Waals surface area contributed by atoms with Crippen LogP contribution in [0.25, 0.3) is 11.4 Å². The topological polar surface area (TPSA) is 69.0 Å². The summed E-state index contributed by atoms with van der Waals surface area (Å²) in [5.74, 6) is 1.57. The third-order valence-corrected chi connectivity index (χ3v) is 6.20. The molecule has 0 atom stereocenters. The lowest BCUT2D eigenvalue weighted by Gasteiger charge is -2.13. The number of thioether (sulfide) groups is 1. The molecule has 1 aromatic heterocycles. The van der Waals surface area contributed by atoms with Crippen molar-refractivity contribution in [3.05, 3.63) is 89.5 Å². The van der Waals surface area contributed by atoms with E-state index in [1.165, 1.54) is 11.8 Å². The Morgan fingerprint density at radius 3 is 2.52 bits per heavy atom. The monoisotopic (exact) mass is 458 g/mol. The van der Waals surface area contributed by atoms with Crippen LogP contribution < -0.4 is 10.1 Å². The van der Waals surface area contributed by atoms with Gasteiger partial charge in [0.25, 0.3) is 0 Å². The number of aromatic nitrogens is 3. The zero-order chi connectivity index (χ0) is 23.2. The smallest absolute Gasteiger partial charge is 0.234 e. The van der Waals surface area contributed by atoms with Crippen molar-refractivity contribution in [1.82, 2.24) is 14.8 Å². The van der Waals surface area contributed by atoms with Gasteiger partial charge in [-0.15, -0.1) is 10.2 Å². The van der Waals surface area contributed by atoms with Crippen LogP contribution in [-0.4, -0.2) is 33.5 Å². The van der Waals surface area contributed by atoms with E-state index in [0.29, 0.717) is 17.5 Å². The number of carbonyl (C=O) groups excluding carboxylic acids is 1. The third kappa shape index (κ3) is 5.43. The predicted octanol–water partition coefficient (Wildman–Crippen LogP) is 5.35. The molecule has 0 saturated carbocycles. The number of benzene rings is 3. The minimum Gasteiger partial charge on any atom is -0.496 e. The number of anilines is 1. The highest BCUT2D eigenvalue weighted by Gasteiger charge is 2.19. The van der Waals surface area contributed by atoms with Crippen LogP contribution in [-0.2, 0) is 11.3 Å². The molecular weight excluding hydrogens is 432 g/mol. The summed E-state index contributed by atoms with van der Waals surface area (Å²) in [6.45, 7) is 4.61. The van der Waals surface area contributed by atoms with Gasteiger partial charge in [-0.2, -0.15) is 0 Å². The van der Waals surface area contributed by atoms with E-state index in [1.54, 1.807) is 7.11 Å². The van der Waals surface area contributed by atoms with Crippen molar-refractivity contribution >= 4 is 23.4 Å². The zero-order valence-electron chi connectivity index (χ0n) is 18.9. The molecular formula is C26H26N4O2S. The first-order valence-corrected chi connectivity index (χ1v) is 11.6. The number of amides is 1. The van der Waals surface area contributed by atoms with Crippen LogP contribution >= 0.6 is 11.8 Å². The summed E-state index contributed by atoms with van der Waals surface area (Å²) in [7, 11) is 1.64. The standard InChI is InChI=1S/C26H26N4O2S/c1-18-13-14-22(19(2)15-18)27-24(31)17-33-26-29-28-25(21-11-7-8-12-23(21)32-3)30(26)16-20-9-5-4-6-10-20/h4-15H,16-17H2,1-3H3,(H,27,31). The number of hydrogen-bond acceptors (Lipinski definition) is 5. The largest absolute Gasteiger partial charge is 0.496 e. The summed E-state index contributed by atoms with van der Waals surface area (Å²) in [6, 6.07) is 23.9. The fraction of sp³-hybridized carbons (Fsp3) is 0.192. The van der Waals surface area contributed by atoms with Gasteiger partial charge in [-0.1, -0.05) is 71.9 Å². The molecule has 4 rings (SSSR count). The molecule has 1 heterocycles. The lowest BCUT2D eigenvalue weighted by molar-refractivity contribution is -0.113. The van der Waals surface area contributed by atoms with Crippen LogP contribution in [0.1, 0.15) is 16.7 Å². The van der Waals surface area contributed by atoms with Crippen molar-refractivity contribution < 1.29 is 9.53 Å². The Kier molecular flexibility index (Phi) is 7.10. The maximum absolute atomic E-state index is 12.7. The van der Waals surface area contributed by atoms with Gasteiger partial charge in [0.1, 0.15) is 5.75 Å². The number of para-hydroxylation sites is 1. The number of nitrogens with one attached hydrogen (secondary N) is 1.